The molecule has 4 atom stereocenters. The summed E-state index contributed by atoms with van der Waals surface area (Å²) in [6, 6.07) is 42.0. The van der Waals surface area contributed by atoms with Crippen LogP contribution in [0.3, 0.4) is 0 Å². The number of piperidine rings is 2. The molecular formula is C50H48F2N2O6. The van der Waals surface area contributed by atoms with E-state index < -0.39 is 0 Å². The van der Waals surface area contributed by atoms with Crippen LogP contribution in [-0.4, -0.2) is 53.0 Å². The summed E-state index contributed by atoms with van der Waals surface area (Å²) in [7, 11) is 0. The molecule has 60 heavy (non-hydrogen) atoms. The minimum absolute atomic E-state index is 0.213. The first-order valence-corrected chi connectivity index (χ1v) is 20.7. The molecule has 10 heteroatoms. The number of nitrogens with one attached hydrogen (secondary N) is 2. The molecule has 6 aromatic carbocycles. The first kappa shape index (κ1) is 39.4. The minimum Gasteiger partial charge on any atom is -0.493 e. The maximum Gasteiger partial charge on any atom is 0.231 e. The molecular weight excluding hydrogens is 763 g/mol. The molecule has 10 rings (SSSR count). The third-order valence-corrected chi connectivity index (χ3v) is 11.9. The maximum absolute atomic E-state index is 13.2. The molecule has 0 amide bonds. The molecule has 2 saturated heterocycles. The van der Waals surface area contributed by atoms with E-state index in [0.29, 0.717) is 36.9 Å². The molecule has 0 aromatic heterocycles. The summed E-state index contributed by atoms with van der Waals surface area (Å²) in [4.78, 5) is 0. The number of benzene rings is 6. The average molecular weight is 811 g/mol. The Labute approximate surface area is 349 Å². The number of halogens is 2. The van der Waals surface area contributed by atoms with Crippen molar-refractivity contribution in [3.63, 3.8) is 0 Å². The van der Waals surface area contributed by atoms with Crippen molar-refractivity contribution >= 4 is 0 Å². The predicted molar refractivity (Wildman–Crippen MR) is 227 cm³/mol. The Morgan fingerprint density at radius 1 is 0.450 bits per heavy atom. The molecule has 0 saturated carbocycles. The second kappa shape index (κ2) is 18.4. The molecule has 6 aromatic rings. The highest BCUT2D eigenvalue weighted by molar-refractivity contribution is 5.64. The fraction of sp³-hybridized carbons (Fsp3) is 0.280. The van der Waals surface area contributed by atoms with Gasteiger partial charge in [-0.1, -0.05) is 72.8 Å². The quantitative estimate of drug-likeness (QED) is 0.142. The Hall–Kier alpha value is -6.10. The fourth-order valence-electron chi connectivity index (χ4n) is 8.54. The number of fused-ring (bicyclic) bond motifs is 2. The van der Waals surface area contributed by atoms with Crippen LogP contribution in [-0.2, 0) is 0 Å². The van der Waals surface area contributed by atoms with Gasteiger partial charge in [-0.2, -0.15) is 0 Å². The smallest absolute Gasteiger partial charge is 0.231 e. The van der Waals surface area contributed by atoms with E-state index in [0.717, 1.165) is 95.8 Å². The second-order valence-electron chi connectivity index (χ2n) is 15.6. The van der Waals surface area contributed by atoms with Gasteiger partial charge in [0.05, 0.1) is 13.2 Å². The number of rotatable bonds is 10. The van der Waals surface area contributed by atoms with Gasteiger partial charge in [-0.15, -0.1) is 0 Å². The summed E-state index contributed by atoms with van der Waals surface area (Å²) in [5.74, 6) is 5.80. The van der Waals surface area contributed by atoms with Crippen LogP contribution in [0.15, 0.2) is 133 Å². The van der Waals surface area contributed by atoms with Crippen molar-refractivity contribution in [1.82, 2.24) is 10.6 Å². The van der Waals surface area contributed by atoms with Crippen molar-refractivity contribution in [2.24, 2.45) is 11.8 Å². The zero-order valence-corrected chi connectivity index (χ0v) is 33.3. The lowest BCUT2D eigenvalue weighted by atomic mass is 9.81. The lowest BCUT2D eigenvalue weighted by Gasteiger charge is -2.32. The molecule has 2 fully saturated rings. The van der Waals surface area contributed by atoms with Gasteiger partial charge < -0.3 is 39.1 Å². The Balaban J connectivity index is 0.000000154. The van der Waals surface area contributed by atoms with E-state index in [4.69, 9.17) is 28.4 Å². The first-order chi connectivity index (χ1) is 29.5. The normalized spacial score (nSPS) is 20.2. The molecule has 4 aliphatic rings. The van der Waals surface area contributed by atoms with Crippen molar-refractivity contribution in [2.75, 3.05) is 53.0 Å². The van der Waals surface area contributed by atoms with Crippen LogP contribution in [0.1, 0.15) is 35.8 Å². The Morgan fingerprint density at radius 3 is 1.22 bits per heavy atom. The first-order valence-electron chi connectivity index (χ1n) is 20.7. The third-order valence-electron chi connectivity index (χ3n) is 11.9. The van der Waals surface area contributed by atoms with Crippen LogP contribution in [0, 0.1) is 23.5 Å². The number of hydrogen-bond acceptors (Lipinski definition) is 8. The molecule has 0 radical (unpaired) electrons. The highest BCUT2D eigenvalue weighted by atomic mass is 19.1. The Morgan fingerprint density at radius 2 is 0.817 bits per heavy atom. The van der Waals surface area contributed by atoms with Gasteiger partial charge in [-0.3, -0.25) is 0 Å². The highest BCUT2D eigenvalue weighted by Gasteiger charge is 2.29. The summed E-state index contributed by atoms with van der Waals surface area (Å²) < 4.78 is 60.2. The molecule has 0 unspecified atom stereocenters. The van der Waals surface area contributed by atoms with Crippen LogP contribution in [0.5, 0.6) is 34.5 Å². The van der Waals surface area contributed by atoms with E-state index >= 15 is 0 Å². The molecule has 0 aliphatic carbocycles. The SMILES string of the molecule is Fc1ccc(-c2ccc([C@@H]3CCNC[C@H]3COc3ccc4c(c3)OCO4)cc2)cc1.Fc1ccc(-c2ccc([C@H]3CCNC[C@@H]3COc3ccc4c(c3)OCO4)cc2)cc1. The number of hydrogen-bond donors (Lipinski definition) is 2. The third kappa shape index (κ3) is 9.35. The van der Waals surface area contributed by atoms with Crippen LogP contribution in [0.25, 0.3) is 22.3 Å². The predicted octanol–water partition coefficient (Wildman–Crippen LogP) is 9.99. The Kier molecular flexibility index (Phi) is 12.1. The average Bonchev–Trinajstić information content (AvgIpc) is 3.98. The van der Waals surface area contributed by atoms with E-state index in [1.165, 1.54) is 35.4 Å². The summed E-state index contributed by atoms with van der Waals surface area (Å²) in [5.41, 5.74) is 6.89. The molecule has 2 N–H and O–H groups in total. The van der Waals surface area contributed by atoms with Gasteiger partial charge in [-0.05, 0) is 120 Å². The summed E-state index contributed by atoms with van der Waals surface area (Å²) in [6.07, 6.45) is 2.15. The summed E-state index contributed by atoms with van der Waals surface area (Å²) in [6.45, 7) is 5.66. The van der Waals surface area contributed by atoms with E-state index in [1.54, 1.807) is 0 Å². The van der Waals surface area contributed by atoms with Gasteiger partial charge in [0.25, 0.3) is 0 Å². The largest absolute Gasteiger partial charge is 0.493 e. The maximum atomic E-state index is 13.2. The van der Waals surface area contributed by atoms with Crippen molar-refractivity contribution in [2.45, 2.75) is 24.7 Å². The molecule has 0 spiro atoms. The zero-order valence-electron chi connectivity index (χ0n) is 33.3. The van der Waals surface area contributed by atoms with Gasteiger partial charge in [0.15, 0.2) is 23.0 Å². The van der Waals surface area contributed by atoms with Crippen LogP contribution >= 0.6 is 0 Å². The van der Waals surface area contributed by atoms with Crippen molar-refractivity contribution < 1.29 is 37.2 Å². The topological polar surface area (TPSA) is 79.4 Å². The van der Waals surface area contributed by atoms with Crippen LogP contribution in [0.4, 0.5) is 8.78 Å². The Bertz CT molecular complexity index is 2170. The molecule has 8 nitrogen and oxygen atoms in total. The standard InChI is InChI=1S/2C25H24FNO3/c2*26-21-7-5-18(6-8-21)17-1-3-19(4-2-17)23-11-12-27-14-20(23)15-28-22-9-10-24-25(13-22)30-16-29-24/h2*1-10,13,20,23,27H,11-12,14-16H2/t2*20-,23-/m10/s1. The monoisotopic (exact) mass is 810 g/mol. The number of ether oxygens (including phenoxy) is 6. The van der Waals surface area contributed by atoms with Crippen LogP contribution < -0.4 is 39.1 Å². The zero-order chi connectivity index (χ0) is 40.7. The van der Waals surface area contributed by atoms with Crippen LogP contribution in [0.2, 0.25) is 0 Å². The molecule has 4 heterocycles. The minimum atomic E-state index is -0.213. The van der Waals surface area contributed by atoms with Gasteiger partial charge in [0.2, 0.25) is 13.6 Å². The summed E-state index contributed by atoms with van der Waals surface area (Å²) in [5, 5.41) is 6.99. The lowest BCUT2D eigenvalue weighted by molar-refractivity contribution is 0.173. The van der Waals surface area contributed by atoms with Gasteiger partial charge in [0, 0.05) is 37.1 Å². The fourth-order valence-corrected chi connectivity index (χ4v) is 8.54. The molecule has 308 valence electrons. The summed E-state index contributed by atoms with van der Waals surface area (Å²) >= 11 is 0. The van der Waals surface area contributed by atoms with Crippen molar-refractivity contribution in [3.05, 3.63) is 156 Å². The van der Waals surface area contributed by atoms with E-state index in [1.807, 2.05) is 60.7 Å². The van der Waals surface area contributed by atoms with Gasteiger partial charge in [0.1, 0.15) is 23.1 Å². The second-order valence-corrected chi connectivity index (χ2v) is 15.6. The van der Waals surface area contributed by atoms with Crippen molar-refractivity contribution in [1.29, 1.82) is 0 Å². The van der Waals surface area contributed by atoms with Gasteiger partial charge in [-0.25, -0.2) is 8.78 Å². The van der Waals surface area contributed by atoms with E-state index in [-0.39, 0.29) is 25.2 Å². The lowest BCUT2D eigenvalue weighted by Crippen LogP contribution is -2.38. The highest BCUT2D eigenvalue weighted by Crippen LogP contribution is 2.38. The molecule has 4 aliphatic heterocycles. The van der Waals surface area contributed by atoms with E-state index in [2.05, 4.69) is 59.2 Å². The van der Waals surface area contributed by atoms with E-state index in [9.17, 15) is 8.78 Å². The van der Waals surface area contributed by atoms with Gasteiger partial charge >= 0.3 is 0 Å². The molecule has 0 bridgehead atoms. The van der Waals surface area contributed by atoms with Crippen molar-refractivity contribution in [3.8, 4) is 56.8 Å².